The molecule has 76 valence electrons. The van der Waals surface area contributed by atoms with Crippen molar-refractivity contribution in [3.63, 3.8) is 0 Å². The third kappa shape index (κ3) is 22.8. The molecule has 0 heterocycles. The average molecular weight is 177 g/mol. The fraction of sp³-hybridized carbons (Fsp3) is 0.889. The molecule has 0 atom stereocenters. The number of amides is 1. The van der Waals surface area contributed by atoms with Crippen molar-refractivity contribution >= 4 is 6.09 Å². The van der Waals surface area contributed by atoms with Crippen LogP contribution in [-0.2, 0) is 4.74 Å². The summed E-state index contributed by atoms with van der Waals surface area (Å²) in [5.74, 6) is 0. The Morgan fingerprint density at radius 1 is 1.33 bits per heavy atom. The minimum absolute atomic E-state index is 0. The Kier molecular flexibility index (Phi) is 8.01. The Labute approximate surface area is 76.8 Å². The maximum absolute atomic E-state index is 10.0. The molecule has 0 unspecified atom stereocenters. The van der Waals surface area contributed by atoms with Gasteiger partial charge in [0, 0.05) is 1.43 Å². The summed E-state index contributed by atoms with van der Waals surface area (Å²) in [4.78, 5) is 10.0. The summed E-state index contributed by atoms with van der Waals surface area (Å²) in [5, 5.41) is 0. The number of hydrogen-bond acceptors (Lipinski definition) is 2. The van der Waals surface area contributed by atoms with E-state index in [-0.39, 0.29) is 1.43 Å². The van der Waals surface area contributed by atoms with Crippen molar-refractivity contribution in [1.29, 1.82) is 0 Å². The van der Waals surface area contributed by atoms with Crippen LogP contribution in [0.4, 0.5) is 4.79 Å². The molecule has 0 aliphatic carbocycles. The van der Waals surface area contributed by atoms with Gasteiger partial charge in [0.2, 0.25) is 0 Å². The van der Waals surface area contributed by atoms with Crippen LogP contribution >= 0.6 is 0 Å². The quantitative estimate of drug-likeness (QED) is 0.669. The summed E-state index contributed by atoms with van der Waals surface area (Å²) in [5.41, 5.74) is 4.26. The van der Waals surface area contributed by atoms with E-state index in [0.717, 1.165) is 0 Å². The number of ether oxygens (including phenoxy) is 1. The van der Waals surface area contributed by atoms with Gasteiger partial charge in [0.15, 0.2) is 0 Å². The predicted molar refractivity (Wildman–Crippen MR) is 53.1 cm³/mol. The van der Waals surface area contributed by atoms with Gasteiger partial charge in [-0.2, -0.15) is 0 Å². The number of primary amides is 1. The van der Waals surface area contributed by atoms with Gasteiger partial charge in [0.25, 0.3) is 0 Å². The van der Waals surface area contributed by atoms with Crippen LogP contribution in [-0.4, -0.2) is 11.7 Å². The van der Waals surface area contributed by atoms with Crippen LogP contribution in [0.25, 0.3) is 0 Å². The first-order valence-electron chi connectivity index (χ1n) is 4.32. The van der Waals surface area contributed by atoms with Crippen LogP contribution in [0.2, 0.25) is 0 Å². The minimum Gasteiger partial charge on any atom is -0.444 e. The van der Waals surface area contributed by atoms with Crippen LogP contribution in [0, 0.1) is 0 Å². The number of carbonyl (C=O) groups is 1. The monoisotopic (exact) mass is 177 g/mol. The number of hydrogen-bond donors (Lipinski definition) is 1. The lowest BCUT2D eigenvalue weighted by molar-refractivity contribution is 0.0600. The van der Waals surface area contributed by atoms with Gasteiger partial charge in [-0.25, -0.2) is 4.79 Å². The van der Waals surface area contributed by atoms with E-state index < -0.39 is 11.7 Å². The molecule has 0 radical (unpaired) electrons. The first-order chi connectivity index (χ1) is 5.33. The SMILES string of the molecule is CC(C)(C)OC(N)=O.CCCC.[HH]. The summed E-state index contributed by atoms with van der Waals surface area (Å²) in [6.07, 6.45) is 1.91. The third-order valence-electron chi connectivity index (χ3n) is 0.907. The highest BCUT2D eigenvalue weighted by atomic mass is 16.6. The highest BCUT2D eigenvalue weighted by Gasteiger charge is 2.12. The molecule has 0 saturated heterocycles. The van der Waals surface area contributed by atoms with Crippen molar-refractivity contribution in [3.8, 4) is 0 Å². The van der Waals surface area contributed by atoms with E-state index in [0.29, 0.717) is 0 Å². The summed E-state index contributed by atoms with van der Waals surface area (Å²) in [6.45, 7) is 9.65. The molecule has 0 aromatic heterocycles. The smallest absolute Gasteiger partial charge is 0.405 e. The van der Waals surface area contributed by atoms with Gasteiger partial charge >= 0.3 is 6.09 Å². The Balaban J connectivity index is -0.000000173. The second-order valence-corrected chi connectivity index (χ2v) is 3.53. The fourth-order valence-electron chi connectivity index (χ4n) is 0.302. The fourth-order valence-corrected chi connectivity index (χ4v) is 0.302. The zero-order valence-corrected chi connectivity index (χ0v) is 8.81. The highest BCUT2D eigenvalue weighted by molar-refractivity contribution is 5.65. The van der Waals surface area contributed by atoms with E-state index in [1.807, 2.05) is 0 Å². The molecule has 0 aliphatic heterocycles. The number of carbonyl (C=O) groups excluding carboxylic acids is 1. The molecule has 12 heavy (non-hydrogen) atoms. The molecule has 0 aliphatic rings. The first kappa shape index (κ1) is 13.8. The molecule has 0 saturated carbocycles. The van der Waals surface area contributed by atoms with Gasteiger partial charge in [0.1, 0.15) is 5.60 Å². The van der Waals surface area contributed by atoms with Gasteiger partial charge in [-0.1, -0.05) is 26.7 Å². The van der Waals surface area contributed by atoms with E-state index in [9.17, 15) is 4.79 Å². The van der Waals surface area contributed by atoms with E-state index in [4.69, 9.17) is 5.73 Å². The van der Waals surface area contributed by atoms with Gasteiger partial charge < -0.3 is 10.5 Å². The number of rotatable bonds is 1. The van der Waals surface area contributed by atoms with Crippen LogP contribution in [0.5, 0.6) is 0 Å². The molecule has 3 heteroatoms. The van der Waals surface area contributed by atoms with E-state index in [2.05, 4.69) is 18.6 Å². The van der Waals surface area contributed by atoms with Crippen molar-refractivity contribution in [3.05, 3.63) is 0 Å². The molecule has 0 aromatic carbocycles. The second kappa shape index (κ2) is 6.95. The molecule has 0 rings (SSSR count). The largest absolute Gasteiger partial charge is 0.444 e. The predicted octanol–water partition coefficient (Wildman–Crippen LogP) is 2.93. The van der Waals surface area contributed by atoms with Crippen LogP contribution in [0.3, 0.4) is 0 Å². The zero-order valence-electron chi connectivity index (χ0n) is 8.81. The molecule has 0 fully saturated rings. The van der Waals surface area contributed by atoms with Gasteiger partial charge in [-0.3, -0.25) is 0 Å². The molecule has 0 spiro atoms. The van der Waals surface area contributed by atoms with E-state index >= 15 is 0 Å². The molecular weight excluding hydrogens is 154 g/mol. The molecule has 0 bridgehead atoms. The van der Waals surface area contributed by atoms with Crippen LogP contribution in [0.15, 0.2) is 0 Å². The Hall–Kier alpha value is -0.730. The summed E-state index contributed by atoms with van der Waals surface area (Å²) in [7, 11) is 0. The van der Waals surface area contributed by atoms with Crippen LogP contribution in [0.1, 0.15) is 48.9 Å². The van der Waals surface area contributed by atoms with E-state index in [1.54, 1.807) is 20.8 Å². The highest BCUT2D eigenvalue weighted by Crippen LogP contribution is 2.04. The lowest BCUT2D eigenvalue weighted by Crippen LogP contribution is -2.27. The summed E-state index contributed by atoms with van der Waals surface area (Å²) < 4.78 is 4.58. The van der Waals surface area contributed by atoms with Crippen molar-refractivity contribution in [2.24, 2.45) is 5.73 Å². The average Bonchev–Trinajstić information content (AvgIpc) is 1.83. The Morgan fingerprint density at radius 2 is 1.67 bits per heavy atom. The number of unbranched alkanes of at least 4 members (excludes halogenated alkanes) is 1. The van der Waals surface area contributed by atoms with Crippen molar-refractivity contribution in [1.82, 2.24) is 0 Å². The molecule has 1 amide bonds. The van der Waals surface area contributed by atoms with Gasteiger partial charge in [-0.05, 0) is 20.8 Å². The standard InChI is InChI=1S/C5H11NO2.C4H10.H2/c1-5(2,3)8-4(6)7;1-3-4-2;/h1-3H3,(H2,6,7);3-4H2,1-2H3;1H. The molecule has 0 aromatic rings. The van der Waals surface area contributed by atoms with Gasteiger partial charge in [0.05, 0.1) is 0 Å². The maximum atomic E-state index is 10.0. The maximum Gasteiger partial charge on any atom is 0.405 e. The first-order valence-corrected chi connectivity index (χ1v) is 4.32. The molecular formula is C9H23NO2. The normalized spacial score (nSPS) is 9.75. The Morgan fingerprint density at radius 3 is 1.67 bits per heavy atom. The van der Waals surface area contributed by atoms with Crippen molar-refractivity contribution in [2.45, 2.75) is 53.1 Å². The summed E-state index contributed by atoms with van der Waals surface area (Å²) >= 11 is 0. The molecule has 3 nitrogen and oxygen atoms in total. The topological polar surface area (TPSA) is 52.3 Å². The van der Waals surface area contributed by atoms with E-state index in [1.165, 1.54) is 12.8 Å². The zero-order chi connectivity index (χ0) is 10.2. The second-order valence-electron chi connectivity index (χ2n) is 3.53. The minimum atomic E-state index is -0.725. The number of nitrogens with two attached hydrogens (primary N) is 1. The lowest BCUT2D eigenvalue weighted by Gasteiger charge is -2.16. The van der Waals surface area contributed by atoms with Crippen molar-refractivity contribution in [2.75, 3.05) is 0 Å². The lowest BCUT2D eigenvalue weighted by atomic mass is 10.2. The molecule has 2 N–H and O–H groups in total. The Bertz CT molecular complexity index is 119. The van der Waals surface area contributed by atoms with Gasteiger partial charge in [-0.15, -0.1) is 0 Å². The summed E-state index contributed by atoms with van der Waals surface area (Å²) in [6, 6.07) is 0. The van der Waals surface area contributed by atoms with Crippen LogP contribution < -0.4 is 5.73 Å². The van der Waals surface area contributed by atoms with Crippen molar-refractivity contribution < 1.29 is 11.0 Å². The third-order valence-corrected chi connectivity index (χ3v) is 0.907.